The average Bonchev–Trinajstić information content (AvgIpc) is 2.71. The molecule has 1 aromatic rings. The fraction of sp³-hybridized carbons (Fsp3) is 0.625. The lowest BCUT2D eigenvalue weighted by Gasteiger charge is -2.28. The summed E-state index contributed by atoms with van der Waals surface area (Å²) >= 11 is 0. The fourth-order valence-corrected chi connectivity index (χ4v) is 2.78. The first kappa shape index (κ1) is 15.4. The Hall–Kier alpha value is -0.940. The molecule has 0 amide bonds. The minimum absolute atomic E-state index is 0.198. The predicted octanol–water partition coefficient (Wildman–Crippen LogP) is 1.72. The van der Waals surface area contributed by atoms with Gasteiger partial charge in [0.1, 0.15) is 0 Å². The number of likely N-dealkylation sites (tertiary alicyclic amines) is 1. The number of hydrogen-bond donors (Lipinski definition) is 2. The SMILES string of the molecule is CC(C)(O)OCCC1C(N)CCN1Cc1ccccc1. The Bertz CT molecular complexity index is 403. The summed E-state index contributed by atoms with van der Waals surface area (Å²) in [7, 11) is 0. The molecule has 1 aliphatic rings. The zero-order chi connectivity index (χ0) is 14.6. The first-order valence-corrected chi connectivity index (χ1v) is 7.35. The van der Waals surface area contributed by atoms with Gasteiger partial charge in [0.2, 0.25) is 0 Å². The Balaban J connectivity index is 1.88. The Morgan fingerprint density at radius 3 is 2.70 bits per heavy atom. The van der Waals surface area contributed by atoms with Crippen molar-refractivity contribution in [1.29, 1.82) is 0 Å². The van der Waals surface area contributed by atoms with E-state index in [0.717, 1.165) is 25.9 Å². The number of nitrogens with two attached hydrogens (primary N) is 1. The molecule has 1 aromatic carbocycles. The van der Waals surface area contributed by atoms with Gasteiger partial charge in [-0.25, -0.2) is 0 Å². The van der Waals surface area contributed by atoms with Crippen LogP contribution in [0, 0.1) is 0 Å². The summed E-state index contributed by atoms with van der Waals surface area (Å²) in [5, 5.41) is 9.59. The van der Waals surface area contributed by atoms with Gasteiger partial charge < -0.3 is 15.6 Å². The summed E-state index contributed by atoms with van der Waals surface area (Å²) in [4.78, 5) is 2.42. The molecular formula is C16H26N2O2. The molecule has 20 heavy (non-hydrogen) atoms. The number of benzene rings is 1. The maximum absolute atomic E-state index is 9.59. The fourth-order valence-electron chi connectivity index (χ4n) is 2.78. The summed E-state index contributed by atoms with van der Waals surface area (Å²) in [6.45, 7) is 5.81. The molecule has 2 unspecified atom stereocenters. The highest BCUT2D eigenvalue weighted by Gasteiger charge is 2.31. The van der Waals surface area contributed by atoms with Crippen molar-refractivity contribution in [1.82, 2.24) is 4.90 Å². The van der Waals surface area contributed by atoms with Crippen LogP contribution < -0.4 is 5.73 Å². The number of hydrogen-bond acceptors (Lipinski definition) is 4. The van der Waals surface area contributed by atoms with Crippen molar-refractivity contribution in [2.45, 2.75) is 51.1 Å². The van der Waals surface area contributed by atoms with Crippen LogP contribution in [0.2, 0.25) is 0 Å². The van der Waals surface area contributed by atoms with Crippen LogP contribution in [0.4, 0.5) is 0 Å². The van der Waals surface area contributed by atoms with E-state index in [2.05, 4.69) is 29.2 Å². The molecule has 0 saturated carbocycles. The van der Waals surface area contributed by atoms with Crippen molar-refractivity contribution in [3.63, 3.8) is 0 Å². The molecule has 0 bridgehead atoms. The molecule has 112 valence electrons. The second kappa shape index (κ2) is 6.68. The zero-order valence-electron chi connectivity index (χ0n) is 12.5. The van der Waals surface area contributed by atoms with E-state index in [-0.39, 0.29) is 6.04 Å². The van der Waals surface area contributed by atoms with Crippen LogP contribution in [0.5, 0.6) is 0 Å². The van der Waals surface area contributed by atoms with E-state index in [1.54, 1.807) is 13.8 Å². The normalized spacial score (nSPS) is 24.2. The van der Waals surface area contributed by atoms with Crippen LogP contribution in [-0.2, 0) is 11.3 Å². The highest BCUT2D eigenvalue weighted by molar-refractivity contribution is 5.15. The molecule has 1 aliphatic heterocycles. The smallest absolute Gasteiger partial charge is 0.159 e. The van der Waals surface area contributed by atoms with Crippen LogP contribution in [0.1, 0.15) is 32.3 Å². The van der Waals surface area contributed by atoms with E-state index >= 15 is 0 Å². The van der Waals surface area contributed by atoms with Gasteiger partial charge in [-0.1, -0.05) is 30.3 Å². The van der Waals surface area contributed by atoms with Crippen molar-refractivity contribution in [3.05, 3.63) is 35.9 Å². The Morgan fingerprint density at radius 2 is 2.05 bits per heavy atom. The highest BCUT2D eigenvalue weighted by atomic mass is 16.6. The van der Waals surface area contributed by atoms with Crippen molar-refractivity contribution >= 4 is 0 Å². The summed E-state index contributed by atoms with van der Waals surface area (Å²) in [5.74, 6) is -1.06. The molecule has 1 fully saturated rings. The lowest BCUT2D eigenvalue weighted by atomic mass is 10.1. The van der Waals surface area contributed by atoms with E-state index in [9.17, 15) is 5.11 Å². The second-order valence-corrected chi connectivity index (χ2v) is 6.06. The summed E-state index contributed by atoms with van der Waals surface area (Å²) in [6.07, 6.45) is 1.89. The Morgan fingerprint density at radius 1 is 1.35 bits per heavy atom. The van der Waals surface area contributed by atoms with Gasteiger partial charge in [0.25, 0.3) is 0 Å². The molecule has 1 saturated heterocycles. The number of nitrogens with zero attached hydrogens (tertiary/aromatic N) is 1. The van der Waals surface area contributed by atoms with Crippen LogP contribution in [-0.4, -0.2) is 41.0 Å². The Kier molecular flexibility index (Phi) is 5.16. The second-order valence-electron chi connectivity index (χ2n) is 6.06. The minimum atomic E-state index is -1.06. The largest absolute Gasteiger partial charge is 0.366 e. The third-order valence-corrected chi connectivity index (χ3v) is 3.81. The highest BCUT2D eigenvalue weighted by Crippen LogP contribution is 2.22. The van der Waals surface area contributed by atoms with E-state index in [1.807, 2.05) is 6.07 Å². The van der Waals surface area contributed by atoms with Crippen molar-refractivity contribution in [2.75, 3.05) is 13.2 Å². The Labute approximate surface area is 121 Å². The molecular weight excluding hydrogens is 252 g/mol. The van der Waals surface area contributed by atoms with Gasteiger partial charge in [-0.2, -0.15) is 0 Å². The standard InChI is InChI=1S/C16H26N2O2/c1-16(2,19)20-11-9-15-14(17)8-10-18(15)12-13-6-4-3-5-7-13/h3-7,14-15,19H,8-12,17H2,1-2H3. The summed E-state index contributed by atoms with van der Waals surface area (Å²) in [6, 6.07) is 11.0. The van der Waals surface area contributed by atoms with Crippen LogP contribution >= 0.6 is 0 Å². The molecule has 0 radical (unpaired) electrons. The molecule has 0 aromatic heterocycles. The maximum atomic E-state index is 9.59. The molecule has 4 nitrogen and oxygen atoms in total. The van der Waals surface area contributed by atoms with Gasteiger partial charge in [-0.15, -0.1) is 0 Å². The maximum Gasteiger partial charge on any atom is 0.159 e. The van der Waals surface area contributed by atoms with Crippen LogP contribution in [0.15, 0.2) is 30.3 Å². The third-order valence-electron chi connectivity index (χ3n) is 3.81. The zero-order valence-corrected chi connectivity index (χ0v) is 12.5. The number of ether oxygens (including phenoxy) is 1. The molecule has 1 heterocycles. The minimum Gasteiger partial charge on any atom is -0.366 e. The van der Waals surface area contributed by atoms with Crippen molar-refractivity contribution in [3.8, 4) is 0 Å². The molecule has 0 spiro atoms. The molecule has 3 N–H and O–H groups in total. The lowest BCUT2D eigenvalue weighted by Crippen LogP contribution is -2.40. The quantitative estimate of drug-likeness (QED) is 0.778. The van der Waals surface area contributed by atoms with E-state index < -0.39 is 5.79 Å². The summed E-state index contributed by atoms with van der Waals surface area (Å²) in [5.41, 5.74) is 7.53. The molecule has 2 atom stereocenters. The van der Waals surface area contributed by atoms with Crippen molar-refractivity contribution < 1.29 is 9.84 Å². The van der Waals surface area contributed by atoms with Crippen LogP contribution in [0.25, 0.3) is 0 Å². The van der Waals surface area contributed by atoms with Gasteiger partial charge in [-0.3, -0.25) is 4.90 Å². The molecule has 0 aliphatic carbocycles. The van der Waals surface area contributed by atoms with Gasteiger partial charge in [-0.05, 0) is 32.3 Å². The average molecular weight is 278 g/mol. The molecule has 4 heteroatoms. The number of aliphatic hydroxyl groups is 1. The van der Waals surface area contributed by atoms with E-state index in [4.69, 9.17) is 10.5 Å². The first-order valence-electron chi connectivity index (χ1n) is 7.35. The topological polar surface area (TPSA) is 58.7 Å². The van der Waals surface area contributed by atoms with E-state index in [1.165, 1.54) is 5.56 Å². The summed E-state index contributed by atoms with van der Waals surface area (Å²) < 4.78 is 5.41. The number of rotatable bonds is 6. The van der Waals surface area contributed by atoms with Gasteiger partial charge in [0, 0.05) is 25.2 Å². The predicted molar refractivity (Wildman–Crippen MR) is 80.1 cm³/mol. The first-order chi connectivity index (χ1) is 9.46. The lowest BCUT2D eigenvalue weighted by molar-refractivity contribution is -0.178. The third kappa shape index (κ3) is 4.56. The monoisotopic (exact) mass is 278 g/mol. The van der Waals surface area contributed by atoms with Crippen LogP contribution in [0.3, 0.4) is 0 Å². The molecule has 2 rings (SSSR count). The van der Waals surface area contributed by atoms with Crippen molar-refractivity contribution in [2.24, 2.45) is 5.73 Å². The van der Waals surface area contributed by atoms with Gasteiger partial charge in [0.15, 0.2) is 5.79 Å². The van der Waals surface area contributed by atoms with Gasteiger partial charge >= 0.3 is 0 Å². The van der Waals surface area contributed by atoms with Gasteiger partial charge in [0.05, 0.1) is 6.61 Å². The van der Waals surface area contributed by atoms with E-state index in [0.29, 0.717) is 12.6 Å².